The van der Waals surface area contributed by atoms with E-state index in [0.717, 1.165) is 6.54 Å². The van der Waals surface area contributed by atoms with Crippen molar-refractivity contribution in [2.24, 2.45) is 0 Å². The maximum absolute atomic E-state index is 5.81. The second kappa shape index (κ2) is 6.63. The predicted octanol–water partition coefficient (Wildman–Crippen LogP) is 1.46. The van der Waals surface area contributed by atoms with Gasteiger partial charge in [0.05, 0.1) is 20.8 Å². The molecule has 1 aliphatic rings. The second-order valence-corrected chi connectivity index (χ2v) is 4.57. The van der Waals surface area contributed by atoms with Crippen LogP contribution in [0.3, 0.4) is 0 Å². The molecule has 0 bridgehead atoms. The normalized spacial score (nSPS) is 22.9. The molecule has 1 heterocycles. The quantitative estimate of drug-likeness (QED) is 0.875. The van der Waals surface area contributed by atoms with Gasteiger partial charge in [0.25, 0.3) is 0 Å². The summed E-state index contributed by atoms with van der Waals surface area (Å²) in [7, 11) is 3.23. The number of para-hydroxylation sites is 1. The van der Waals surface area contributed by atoms with Crippen molar-refractivity contribution in [1.29, 1.82) is 0 Å². The Labute approximate surface area is 113 Å². The van der Waals surface area contributed by atoms with Crippen molar-refractivity contribution in [1.82, 2.24) is 5.32 Å². The van der Waals surface area contributed by atoms with Crippen LogP contribution in [0.4, 0.5) is 0 Å². The molecule has 0 amide bonds. The van der Waals surface area contributed by atoms with Crippen LogP contribution in [0.2, 0.25) is 0 Å². The van der Waals surface area contributed by atoms with E-state index in [0.29, 0.717) is 36.5 Å². The zero-order valence-corrected chi connectivity index (χ0v) is 11.6. The lowest BCUT2D eigenvalue weighted by Gasteiger charge is -2.28. The minimum atomic E-state index is 0.0471. The summed E-state index contributed by atoms with van der Waals surface area (Å²) in [4.78, 5) is 0. The predicted molar refractivity (Wildman–Crippen MR) is 72.2 cm³/mol. The van der Waals surface area contributed by atoms with E-state index in [-0.39, 0.29) is 6.10 Å². The maximum atomic E-state index is 5.81. The number of ether oxygens (including phenoxy) is 4. The molecule has 1 saturated heterocycles. The van der Waals surface area contributed by atoms with Crippen LogP contribution in [0.15, 0.2) is 18.2 Å². The van der Waals surface area contributed by atoms with Gasteiger partial charge in [-0.15, -0.1) is 0 Å². The smallest absolute Gasteiger partial charge is 0.203 e. The van der Waals surface area contributed by atoms with Crippen LogP contribution < -0.4 is 19.5 Å². The molecule has 1 aromatic carbocycles. The molecular weight excluding hydrogens is 246 g/mol. The molecule has 0 saturated carbocycles. The average molecular weight is 267 g/mol. The van der Waals surface area contributed by atoms with Crippen molar-refractivity contribution in [2.45, 2.75) is 19.1 Å². The molecule has 0 radical (unpaired) electrons. The Morgan fingerprint density at radius 2 is 1.95 bits per heavy atom. The number of morpholine rings is 1. The van der Waals surface area contributed by atoms with Crippen LogP contribution in [0, 0.1) is 0 Å². The van der Waals surface area contributed by atoms with Crippen LogP contribution in [-0.4, -0.2) is 46.1 Å². The summed E-state index contributed by atoms with van der Waals surface area (Å²) in [5.74, 6) is 1.95. The molecule has 1 N–H and O–H groups in total. The third-order valence-corrected chi connectivity index (χ3v) is 3.07. The van der Waals surface area contributed by atoms with Gasteiger partial charge in [-0.3, -0.25) is 0 Å². The van der Waals surface area contributed by atoms with Crippen LogP contribution >= 0.6 is 0 Å². The number of methoxy groups -OCH3 is 2. The van der Waals surface area contributed by atoms with Crippen molar-refractivity contribution in [2.75, 3.05) is 34.0 Å². The molecule has 19 heavy (non-hydrogen) atoms. The Kier molecular flexibility index (Phi) is 4.87. The monoisotopic (exact) mass is 267 g/mol. The topological polar surface area (TPSA) is 49.0 Å². The molecule has 2 atom stereocenters. The number of hydrogen-bond acceptors (Lipinski definition) is 5. The molecule has 0 spiro atoms. The van der Waals surface area contributed by atoms with Crippen LogP contribution in [0.5, 0.6) is 17.2 Å². The van der Waals surface area contributed by atoms with Crippen molar-refractivity contribution >= 4 is 0 Å². The minimum absolute atomic E-state index is 0.0471. The third kappa shape index (κ3) is 3.52. The van der Waals surface area contributed by atoms with Gasteiger partial charge in [0.1, 0.15) is 12.7 Å². The van der Waals surface area contributed by atoms with Gasteiger partial charge in [-0.05, 0) is 19.1 Å². The van der Waals surface area contributed by atoms with Gasteiger partial charge >= 0.3 is 0 Å². The van der Waals surface area contributed by atoms with E-state index < -0.39 is 0 Å². The molecule has 0 aromatic heterocycles. The Morgan fingerprint density at radius 3 is 2.47 bits per heavy atom. The highest BCUT2D eigenvalue weighted by molar-refractivity contribution is 5.51. The molecule has 106 valence electrons. The van der Waals surface area contributed by atoms with E-state index in [1.54, 1.807) is 14.2 Å². The summed E-state index contributed by atoms with van der Waals surface area (Å²) in [6.07, 6.45) is 0.0471. The van der Waals surface area contributed by atoms with E-state index in [1.807, 2.05) is 18.2 Å². The zero-order chi connectivity index (χ0) is 13.7. The van der Waals surface area contributed by atoms with E-state index in [1.165, 1.54) is 0 Å². The molecule has 0 aliphatic carbocycles. The Bertz CT molecular complexity index is 380. The van der Waals surface area contributed by atoms with Crippen molar-refractivity contribution in [3.63, 3.8) is 0 Å². The van der Waals surface area contributed by atoms with E-state index >= 15 is 0 Å². The van der Waals surface area contributed by atoms with E-state index in [2.05, 4.69) is 12.2 Å². The lowest BCUT2D eigenvalue weighted by Crippen LogP contribution is -2.46. The third-order valence-electron chi connectivity index (χ3n) is 3.07. The van der Waals surface area contributed by atoms with Gasteiger partial charge in [0.15, 0.2) is 11.5 Å². The molecule has 1 aromatic rings. The fourth-order valence-electron chi connectivity index (χ4n) is 1.97. The van der Waals surface area contributed by atoms with Gasteiger partial charge in [-0.25, -0.2) is 0 Å². The molecule has 2 rings (SSSR count). The highest BCUT2D eigenvalue weighted by Gasteiger charge is 2.20. The summed E-state index contributed by atoms with van der Waals surface area (Å²) < 4.78 is 22.1. The number of rotatable bonds is 5. The molecular formula is C14H21NO4. The van der Waals surface area contributed by atoms with Gasteiger partial charge in [0.2, 0.25) is 5.75 Å². The summed E-state index contributed by atoms with van der Waals surface area (Å²) in [5.41, 5.74) is 0. The Hall–Kier alpha value is -1.46. The summed E-state index contributed by atoms with van der Waals surface area (Å²) in [6, 6.07) is 5.96. The molecule has 1 aliphatic heterocycles. The first-order chi connectivity index (χ1) is 9.24. The highest BCUT2D eigenvalue weighted by Crippen LogP contribution is 2.36. The summed E-state index contributed by atoms with van der Waals surface area (Å²) in [6.45, 7) is 4.06. The van der Waals surface area contributed by atoms with Crippen LogP contribution in [-0.2, 0) is 4.74 Å². The molecule has 5 nitrogen and oxygen atoms in total. The Balaban J connectivity index is 1.98. The molecule has 2 unspecified atom stereocenters. The van der Waals surface area contributed by atoms with Gasteiger partial charge in [0, 0.05) is 12.6 Å². The Morgan fingerprint density at radius 1 is 1.26 bits per heavy atom. The minimum Gasteiger partial charge on any atom is -0.493 e. The fraction of sp³-hybridized carbons (Fsp3) is 0.571. The number of benzene rings is 1. The first-order valence-corrected chi connectivity index (χ1v) is 6.43. The largest absolute Gasteiger partial charge is 0.493 e. The van der Waals surface area contributed by atoms with Gasteiger partial charge < -0.3 is 24.3 Å². The fourth-order valence-corrected chi connectivity index (χ4v) is 1.97. The van der Waals surface area contributed by atoms with Crippen molar-refractivity contribution < 1.29 is 18.9 Å². The maximum Gasteiger partial charge on any atom is 0.203 e. The zero-order valence-electron chi connectivity index (χ0n) is 11.6. The summed E-state index contributed by atoms with van der Waals surface area (Å²) >= 11 is 0. The van der Waals surface area contributed by atoms with Crippen molar-refractivity contribution in [3.8, 4) is 17.2 Å². The summed E-state index contributed by atoms with van der Waals surface area (Å²) in [5, 5.41) is 3.36. The lowest BCUT2D eigenvalue weighted by molar-refractivity contribution is -0.0173. The average Bonchev–Trinajstić information content (AvgIpc) is 2.46. The van der Waals surface area contributed by atoms with Crippen LogP contribution in [0.25, 0.3) is 0 Å². The number of nitrogens with one attached hydrogen (secondary N) is 1. The van der Waals surface area contributed by atoms with E-state index in [9.17, 15) is 0 Å². The van der Waals surface area contributed by atoms with Gasteiger partial charge in [-0.2, -0.15) is 0 Å². The first-order valence-electron chi connectivity index (χ1n) is 6.43. The van der Waals surface area contributed by atoms with E-state index in [4.69, 9.17) is 18.9 Å². The SMILES string of the molecule is COc1cccc(OC)c1OCC1CNC(C)CO1. The highest BCUT2D eigenvalue weighted by atomic mass is 16.6. The molecule has 1 fully saturated rings. The van der Waals surface area contributed by atoms with Crippen molar-refractivity contribution in [3.05, 3.63) is 18.2 Å². The van der Waals surface area contributed by atoms with Crippen LogP contribution in [0.1, 0.15) is 6.92 Å². The second-order valence-electron chi connectivity index (χ2n) is 4.57. The lowest BCUT2D eigenvalue weighted by atomic mass is 10.2. The number of hydrogen-bond donors (Lipinski definition) is 1. The first kappa shape index (κ1) is 14.0. The van der Waals surface area contributed by atoms with Gasteiger partial charge in [-0.1, -0.05) is 6.07 Å². The molecule has 5 heteroatoms. The standard InChI is InChI=1S/C14H21NO4/c1-10-8-18-11(7-15-10)9-19-14-12(16-2)5-4-6-13(14)17-3/h4-6,10-11,15H,7-9H2,1-3H3.